The van der Waals surface area contributed by atoms with Crippen molar-refractivity contribution in [3.05, 3.63) is 53.6 Å². The minimum Gasteiger partial charge on any atom is -0.490 e. The molecule has 0 aromatic heterocycles. The fourth-order valence-electron chi connectivity index (χ4n) is 5.89. The van der Waals surface area contributed by atoms with Crippen LogP contribution in [-0.4, -0.2) is 42.8 Å². The number of alkyl carbamates (subject to hydrolysis) is 1. The first-order valence-corrected chi connectivity index (χ1v) is 12.4. The standard InChI is InChI=1S/C28H36N2O3/c1-18(2)32-24-8-6-5-7-22(24)20-9-10-23-21(15-20)16-28(3,4)26(23)29-27(31)33-25-17-30-13-11-19(25)12-14-30/h5-10,15,18-19,25-26H,11-14,16-17H2,1-4H3,(H,29,31)/t25-,26?/m1/s1. The van der Waals surface area contributed by atoms with Crippen molar-refractivity contribution in [2.75, 3.05) is 19.6 Å². The summed E-state index contributed by atoms with van der Waals surface area (Å²) in [4.78, 5) is 15.3. The van der Waals surface area contributed by atoms with Crippen molar-refractivity contribution in [1.29, 1.82) is 0 Å². The van der Waals surface area contributed by atoms with Gasteiger partial charge in [0.15, 0.2) is 0 Å². The fraction of sp³-hybridized carbons (Fsp3) is 0.536. The Kier molecular flexibility index (Phi) is 5.86. The number of nitrogens with zero attached hydrogens (tertiary/aromatic N) is 1. The molecule has 3 fully saturated rings. The zero-order valence-corrected chi connectivity index (χ0v) is 20.3. The quantitative estimate of drug-likeness (QED) is 0.648. The van der Waals surface area contributed by atoms with Crippen LogP contribution in [0.2, 0.25) is 0 Å². The van der Waals surface area contributed by atoms with Gasteiger partial charge >= 0.3 is 6.09 Å². The molecule has 6 rings (SSSR count). The van der Waals surface area contributed by atoms with Gasteiger partial charge in [0.25, 0.3) is 0 Å². The molecule has 5 heteroatoms. The van der Waals surface area contributed by atoms with Gasteiger partial charge < -0.3 is 14.8 Å². The molecule has 2 atom stereocenters. The molecule has 2 bridgehead atoms. The Labute approximate surface area is 197 Å². The van der Waals surface area contributed by atoms with Crippen molar-refractivity contribution >= 4 is 6.09 Å². The van der Waals surface area contributed by atoms with E-state index in [0.29, 0.717) is 5.92 Å². The molecule has 176 valence electrons. The highest BCUT2D eigenvalue weighted by molar-refractivity contribution is 5.73. The molecule has 33 heavy (non-hydrogen) atoms. The molecule has 2 aromatic carbocycles. The molecule has 0 spiro atoms. The summed E-state index contributed by atoms with van der Waals surface area (Å²) in [5, 5.41) is 3.22. The van der Waals surface area contributed by atoms with E-state index in [-0.39, 0.29) is 29.8 Å². The number of fused-ring (bicyclic) bond motifs is 4. The van der Waals surface area contributed by atoms with Crippen molar-refractivity contribution in [3.8, 4) is 16.9 Å². The summed E-state index contributed by atoms with van der Waals surface area (Å²) in [6.07, 6.45) is 3.06. The predicted octanol–water partition coefficient (Wildman–Crippen LogP) is 5.58. The molecule has 2 aromatic rings. The van der Waals surface area contributed by atoms with Gasteiger partial charge in [0, 0.05) is 12.1 Å². The number of hydrogen-bond donors (Lipinski definition) is 1. The maximum absolute atomic E-state index is 12.9. The first-order valence-electron chi connectivity index (χ1n) is 12.4. The highest BCUT2D eigenvalue weighted by Crippen LogP contribution is 2.47. The molecule has 3 heterocycles. The highest BCUT2D eigenvalue weighted by atomic mass is 16.6. The molecule has 1 aliphatic carbocycles. The molecule has 0 radical (unpaired) electrons. The van der Waals surface area contributed by atoms with Crippen LogP contribution in [0.1, 0.15) is 57.7 Å². The Morgan fingerprint density at radius 1 is 1.12 bits per heavy atom. The maximum Gasteiger partial charge on any atom is 0.407 e. The topological polar surface area (TPSA) is 50.8 Å². The summed E-state index contributed by atoms with van der Waals surface area (Å²) in [5.74, 6) is 1.42. The van der Waals surface area contributed by atoms with Crippen molar-refractivity contribution in [2.45, 2.75) is 65.2 Å². The van der Waals surface area contributed by atoms with E-state index in [9.17, 15) is 4.79 Å². The fourth-order valence-corrected chi connectivity index (χ4v) is 5.89. The molecule has 1 N–H and O–H groups in total. The molecule has 1 unspecified atom stereocenters. The summed E-state index contributed by atoms with van der Waals surface area (Å²) in [6, 6.07) is 14.7. The third-order valence-electron chi connectivity index (χ3n) is 7.56. The monoisotopic (exact) mass is 448 g/mol. The first-order chi connectivity index (χ1) is 15.8. The molecule has 3 aliphatic heterocycles. The number of amides is 1. The van der Waals surface area contributed by atoms with Crippen molar-refractivity contribution in [1.82, 2.24) is 10.2 Å². The molecule has 1 amide bonds. The van der Waals surface area contributed by atoms with Crippen LogP contribution in [0.3, 0.4) is 0 Å². The van der Waals surface area contributed by atoms with Gasteiger partial charge in [0.2, 0.25) is 0 Å². The van der Waals surface area contributed by atoms with Crippen LogP contribution in [0.5, 0.6) is 5.75 Å². The minimum absolute atomic E-state index is 0.0244. The first kappa shape index (κ1) is 22.3. The van der Waals surface area contributed by atoms with Crippen LogP contribution < -0.4 is 10.1 Å². The van der Waals surface area contributed by atoms with E-state index in [1.54, 1.807) is 0 Å². The van der Waals surface area contributed by atoms with Gasteiger partial charge in [-0.05, 0) is 80.3 Å². The third-order valence-corrected chi connectivity index (χ3v) is 7.56. The number of carbonyl (C=O) groups excluding carboxylic acids is 1. The lowest BCUT2D eigenvalue weighted by molar-refractivity contribution is -0.0348. The SMILES string of the molecule is CC(C)Oc1ccccc1-c1ccc2c(c1)CC(C)(C)C2NC(=O)O[C@@H]1CN2CCC1CC2. The van der Waals surface area contributed by atoms with Crippen LogP contribution in [0.25, 0.3) is 11.1 Å². The molecule has 4 aliphatic rings. The molecular formula is C28H36N2O3. The van der Waals surface area contributed by atoms with Crippen molar-refractivity contribution in [2.24, 2.45) is 11.3 Å². The lowest BCUT2D eigenvalue weighted by atomic mass is 9.85. The van der Waals surface area contributed by atoms with Gasteiger partial charge in [-0.3, -0.25) is 4.90 Å². The number of ether oxygens (including phenoxy) is 2. The average Bonchev–Trinajstić information content (AvgIpc) is 3.03. The Morgan fingerprint density at radius 2 is 1.88 bits per heavy atom. The van der Waals surface area contributed by atoms with E-state index in [4.69, 9.17) is 9.47 Å². The maximum atomic E-state index is 12.9. The summed E-state index contributed by atoms with van der Waals surface area (Å²) in [7, 11) is 0. The molecule has 5 nitrogen and oxygen atoms in total. The number of para-hydroxylation sites is 1. The number of hydrogen-bond acceptors (Lipinski definition) is 4. The van der Waals surface area contributed by atoms with E-state index in [1.165, 1.54) is 11.1 Å². The van der Waals surface area contributed by atoms with Crippen LogP contribution in [0.4, 0.5) is 4.79 Å². The molecule has 0 saturated carbocycles. The van der Waals surface area contributed by atoms with Gasteiger partial charge in [-0.15, -0.1) is 0 Å². The van der Waals surface area contributed by atoms with Gasteiger partial charge in [0.1, 0.15) is 11.9 Å². The van der Waals surface area contributed by atoms with E-state index >= 15 is 0 Å². The number of rotatable bonds is 5. The Morgan fingerprint density at radius 3 is 2.58 bits per heavy atom. The number of nitrogens with one attached hydrogen (secondary N) is 1. The van der Waals surface area contributed by atoms with Gasteiger partial charge in [-0.2, -0.15) is 0 Å². The number of benzene rings is 2. The summed E-state index contributed by atoms with van der Waals surface area (Å²) < 4.78 is 12.0. The van der Waals surface area contributed by atoms with Gasteiger partial charge in [-0.25, -0.2) is 4.79 Å². The van der Waals surface area contributed by atoms with Gasteiger partial charge in [-0.1, -0.05) is 50.2 Å². The lowest BCUT2D eigenvalue weighted by Crippen LogP contribution is -2.53. The predicted molar refractivity (Wildman–Crippen MR) is 130 cm³/mol. The summed E-state index contributed by atoms with van der Waals surface area (Å²) >= 11 is 0. The second-order valence-corrected chi connectivity index (χ2v) is 10.9. The molecular weight excluding hydrogens is 412 g/mol. The average molecular weight is 449 g/mol. The Balaban J connectivity index is 1.34. The highest BCUT2D eigenvalue weighted by Gasteiger charge is 2.42. The van der Waals surface area contributed by atoms with Crippen molar-refractivity contribution in [3.63, 3.8) is 0 Å². The third kappa shape index (κ3) is 4.48. The largest absolute Gasteiger partial charge is 0.490 e. The smallest absolute Gasteiger partial charge is 0.407 e. The second kappa shape index (κ2) is 8.68. The summed E-state index contributed by atoms with van der Waals surface area (Å²) in [6.45, 7) is 11.7. The van der Waals surface area contributed by atoms with Crippen LogP contribution in [0.15, 0.2) is 42.5 Å². The van der Waals surface area contributed by atoms with E-state index < -0.39 is 0 Å². The van der Waals surface area contributed by atoms with E-state index in [0.717, 1.165) is 55.8 Å². The second-order valence-electron chi connectivity index (χ2n) is 10.9. The van der Waals surface area contributed by atoms with Crippen LogP contribution in [-0.2, 0) is 11.2 Å². The Bertz CT molecular complexity index is 1020. The lowest BCUT2D eigenvalue weighted by Gasteiger charge is -2.44. The van der Waals surface area contributed by atoms with Gasteiger partial charge in [0.05, 0.1) is 12.1 Å². The van der Waals surface area contributed by atoms with Crippen molar-refractivity contribution < 1.29 is 14.3 Å². The van der Waals surface area contributed by atoms with E-state index in [1.807, 2.05) is 26.0 Å². The normalized spacial score (nSPS) is 27.3. The number of piperidine rings is 3. The molecule has 3 saturated heterocycles. The summed E-state index contributed by atoms with van der Waals surface area (Å²) in [5.41, 5.74) is 4.64. The van der Waals surface area contributed by atoms with E-state index in [2.05, 4.69) is 54.4 Å². The number of carbonyl (C=O) groups is 1. The van der Waals surface area contributed by atoms with Crippen LogP contribution >= 0.6 is 0 Å². The zero-order chi connectivity index (χ0) is 23.2. The minimum atomic E-state index is -0.278. The zero-order valence-electron chi connectivity index (χ0n) is 20.3. The Hall–Kier alpha value is -2.53. The van der Waals surface area contributed by atoms with Crippen LogP contribution in [0, 0.1) is 11.3 Å².